The molecule has 0 radical (unpaired) electrons. The van der Waals surface area contributed by atoms with Crippen LogP contribution in [0.2, 0.25) is 0 Å². The van der Waals surface area contributed by atoms with Crippen LogP contribution in [0.4, 0.5) is 23.7 Å². The predicted octanol–water partition coefficient (Wildman–Crippen LogP) is 3.49. The van der Waals surface area contributed by atoms with E-state index in [2.05, 4.69) is 5.32 Å². The molecular formula is C21H22F3N3O4S. The first-order valence-corrected chi connectivity index (χ1v) is 11.7. The number of nitrogens with zero attached hydrogens (tertiary/aromatic N) is 2. The molecule has 0 aromatic heterocycles. The van der Waals surface area contributed by atoms with E-state index in [1.807, 2.05) is 0 Å². The summed E-state index contributed by atoms with van der Waals surface area (Å²) < 4.78 is 62.1. The molecule has 1 aliphatic heterocycles. The minimum atomic E-state index is -4.52. The number of alkyl halides is 3. The van der Waals surface area contributed by atoms with Gasteiger partial charge in [0, 0.05) is 43.7 Å². The van der Waals surface area contributed by atoms with E-state index in [1.165, 1.54) is 46.2 Å². The van der Waals surface area contributed by atoms with E-state index in [4.69, 9.17) is 0 Å². The topological polar surface area (TPSA) is 86.8 Å². The highest BCUT2D eigenvalue weighted by Gasteiger charge is 2.31. The summed E-state index contributed by atoms with van der Waals surface area (Å²) in [6.07, 6.45) is -2.99. The van der Waals surface area contributed by atoms with Crippen LogP contribution in [0, 0.1) is 0 Å². The number of nitrogens with one attached hydrogen (secondary N) is 1. The molecule has 172 valence electrons. The molecule has 3 amide bonds. The number of amides is 3. The van der Waals surface area contributed by atoms with Crippen LogP contribution >= 0.6 is 0 Å². The van der Waals surface area contributed by atoms with Gasteiger partial charge in [0.2, 0.25) is 0 Å². The Labute approximate surface area is 183 Å². The van der Waals surface area contributed by atoms with Gasteiger partial charge in [-0.1, -0.05) is 12.1 Å². The Hall–Kier alpha value is -3.08. The molecule has 0 unspecified atom stereocenters. The lowest BCUT2D eigenvalue weighted by Gasteiger charge is -2.23. The number of anilines is 1. The Bertz CT molecular complexity index is 1120. The average molecular weight is 469 g/mol. The minimum Gasteiger partial charge on any atom is -0.337 e. The number of hydrogen-bond acceptors (Lipinski definition) is 4. The van der Waals surface area contributed by atoms with Gasteiger partial charge in [-0.15, -0.1) is 0 Å². The van der Waals surface area contributed by atoms with Gasteiger partial charge in [0.15, 0.2) is 9.84 Å². The fraction of sp³-hybridized carbons (Fsp3) is 0.333. The fourth-order valence-electron chi connectivity index (χ4n) is 3.34. The molecular weight excluding hydrogens is 447 g/mol. The third-order valence-corrected chi connectivity index (χ3v) is 6.13. The Kier molecular flexibility index (Phi) is 6.77. The van der Waals surface area contributed by atoms with Crippen molar-refractivity contribution in [2.75, 3.05) is 37.8 Å². The van der Waals surface area contributed by atoms with Gasteiger partial charge in [0.25, 0.3) is 5.91 Å². The lowest BCUT2D eigenvalue weighted by atomic mass is 10.2. The molecule has 1 N–H and O–H groups in total. The van der Waals surface area contributed by atoms with Gasteiger partial charge in [-0.2, -0.15) is 13.2 Å². The minimum absolute atomic E-state index is 0.0274. The molecule has 7 nitrogen and oxygen atoms in total. The largest absolute Gasteiger partial charge is 0.416 e. The SMILES string of the molecule is CS(=O)(=O)c1cccc(C(=O)N2CCCN(C(=O)Nc3cccc(C(F)(F)F)c3)CC2)c1. The summed E-state index contributed by atoms with van der Waals surface area (Å²) in [6.45, 7) is 1.06. The molecule has 1 fully saturated rings. The third-order valence-electron chi connectivity index (χ3n) is 5.02. The summed E-state index contributed by atoms with van der Waals surface area (Å²) in [7, 11) is -3.46. The van der Waals surface area contributed by atoms with Crippen molar-refractivity contribution < 1.29 is 31.2 Å². The smallest absolute Gasteiger partial charge is 0.337 e. The molecule has 2 aromatic carbocycles. The number of hydrogen-bond donors (Lipinski definition) is 1. The van der Waals surface area contributed by atoms with Crippen molar-refractivity contribution in [1.29, 1.82) is 0 Å². The molecule has 3 rings (SSSR count). The van der Waals surface area contributed by atoms with Crippen LogP contribution in [0.3, 0.4) is 0 Å². The zero-order valence-electron chi connectivity index (χ0n) is 17.2. The van der Waals surface area contributed by atoms with Crippen molar-refractivity contribution in [3.8, 4) is 0 Å². The third kappa shape index (κ3) is 5.78. The van der Waals surface area contributed by atoms with Crippen molar-refractivity contribution in [3.05, 3.63) is 59.7 Å². The van der Waals surface area contributed by atoms with Crippen LogP contribution in [0.1, 0.15) is 22.3 Å². The number of urea groups is 1. The second-order valence-corrected chi connectivity index (χ2v) is 9.46. The number of carbonyl (C=O) groups excluding carboxylic acids is 2. The number of halogens is 3. The quantitative estimate of drug-likeness (QED) is 0.746. The van der Waals surface area contributed by atoms with Gasteiger partial charge in [-0.3, -0.25) is 4.79 Å². The van der Waals surface area contributed by atoms with Crippen LogP contribution in [-0.4, -0.2) is 62.6 Å². The van der Waals surface area contributed by atoms with Crippen molar-refractivity contribution in [3.63, 3.8) is 0 Å². The highest BCUT2D eigenvalue weighted by Crippen LogP contribution is 2.30. The van der Waals surface area contributed by atoms with E-state index in [0.717, 1.165) is 18.4 Å². The van der Waals surface area contributed by atoms with Gasteiger partial charge in [-0.25, -0.2) is 13.2 Å². The summed E-state index contributed by atoms with van der Waals surface area (Å²) in [5.74, 6) is -0.351. The van der Waals surface area contributed by atoms with Crippen molar-refractivity contribution >= 4 is 27.5 Å². The standard InChI is InChI=1S/C21H22F3N3O4S/c1-32(30,31)18-8-2-5-15(13-18)19(28)26-9-4-10-27(12-11-26)20(29)25-17-7-3-6-16(14-17)21(22,23)24/h2-3,5-8,13-14H,4,9-12H2,1H3,(H,25,29). The molecule has 0 atom stereocenters. The monoisotopic (exact) mass is 469 g/mol. The molecule has 1 aliphatic rings. The normalized spacial score (nSPS) is 15.2. The van der Waals surface area contributed by atoms with Gasteiger partial charge in [0.1, 0.15) is 0 Å². The molecule has 32 heavy (non-hydrogen) atoms. The highest BCUT2D eigenvalue weighted by atomic mass is 32.2. The number of sulfone groups is 1. The van der Waals surface area contributed by atoms with E-state index in [9.17, 15) is 31.2 Å². The van der Waals surface area contributed by atoms with Crippen molar-refractivity contribution in [1.82, 2.24) is 9.80 Å². The zero-order valence-corrected chi connectivity index (χ0v) is 18.0. The maximum Gasteiger partial charge on any atom is 0.416 e. The first-order chi connectivity index (χ1) is 14.9. The van der Waals surface area contributed by atoms with Crippen LogP contribution < -0.4 is 5.32 Å². The number of carbonyl (C=O) groups is 2. The van der Waals surface area contributed by atoms with Crippen molar-refractivity contribution in [2.24, 2.45) is 0 Å². The molecule has 0 spiro atoms. The van der Waals surface area contributed by atoms with Gasteiger partial charge < -0.3 is 15.1 Å². The molecule has 2 aromatic rings. The lowest BCUT2D eigenvalue weighted by Crippen LogP contribution is -2.39. The van der Waals surface area contributed by atoms with Crippen molar-refractivity contribution in [2.45, 2.75) is 17.5 Å². The maximum absolute atomic E-state index is 12.9. The van der Waals surface area contributed by atoms with E-state index in [0.29, 0.717) is 19.5 Å². The van der Waals surface area contributed by atoms with Gasteiger partial charge in [-0.05, 0) is 42.8 Å². The summed E-state index contributed by atoms with van der Waals surface area (Å²) in [5.41, 5.74) is -0.603. The van der Waals surface area contributed by atoms with Crippen LogP contribution in [0.5, 0.6) is 0 Å². The van der Waals surface area contributed by atoms with E-state index in [-0.39, 0.29) is 35.1 Å². The molecule has 1 saturated heterocycles. The summed E-state index contributed by atoms with van der Waals surface area (Å²) in [5, 5.41) is 2.47. The van der Waals surface area contributed by atoms with Crippen LogP contribution in [-0.2, 0) is 16.0 Å². The second-order valence-electron chi connectivity index (χ2n) is 7.44. The number of benzene rings is 2. The Balaban J connectivity index is 1.65. The Morgan fingerprint density at radius 2 is 1.59 bits per heavy atom. The number of rotatable bonds is 3. The Morgan fingerprint density at radius 1 is 0.938 bits per heavy atom. The molecule has 0 aliphatic carbocycles. The van der Waals surface area contributed by atoms with Crippen LogP contribution in [0.25, 0.3) is 0 Å². The lowest BCUT2D eigenvalue weighted by molar-refractivity contribution is -0.137. The van der Waals surface area contributed by atoms with E-state index >= 15 is 0 Å². The Morgan fingerprint density at radius 3 is 2.28 bits per heavy atom. The molecule has 1 heterocycles. The van der Waals surface area contributed by atoms with E-state index < -0.39 is 27.6 Å². The first kappa shape index (κ1) is 23.6. The summed E-state index contributed by atoms with van der Waals surface area (Å²) >= 11 is 0. The molecule has 0 bridgehead atoms. The second kappa shape index (κ2) is 9.19. The van der Waals surface area contributed by atoms with E-state index in [1.54, 1.807) is 0 Å². The summed E-state index contributed by atoms with van der Waals surface area (Å²) in [4.78, 5) is 28.4. The fourth-order valence-corrected chi connectivity index (χ4v) is 4.01. The van der Waals surface area contributed by atoms with Crippen LogP contribution in [0.15, 0.2) is 53.4 Å². The average Bonchev–Trinajstić information content (AvgIpc) is 2.99. The molecule has 11 heteroatoms. The molecule has 0 saturated carbocycles. The summed E-state index contributed by atoms with van der Waals surface area (Å²) in [6, 6.07) is 9.56. The van der Waals surface area contributed by atoms with Gasteiger partial charge >= 0.3 is 12.2 Å². The van der Waals surface area contributed by atoms with Gasteiger partial charge in [0.05, 0.1) is 10.5 Å². The zero-order chi connectivity index (χ0) is 23.5. The predicted molar refractivity (Wildman–Crippen MR) is 112 cm³/mol. The first-order valence-electron chi connectivity index (χ1n) is 9.78. The maximum atomic E-state index is 12.9. The highest BCUT2D eigenvalue weighted by molar-refractivity contribution is 7.90.